The Morgan fingerprint density at radius 2 is 1.59 bits per heavy atom. The molecular formula is C31H34FN3O4S2. The third kappa shape index (κ3) is 7.96. The highest BCUT2D eigenvalue weighted by molar-refractivity contribution is 7.99. The van der Waals surface area contributed by atoms with Crippen LogP contribution in [0.1, 0.15) is 28.3 Å². The molecule has 1 saturated carbocycles. The first kappa shape index (κ1) is 29.3. The molecule has 7 nitrogen and oxygen atoms in total. The molecule has 0 spiro atoms. The lowest BCUT2D eigenvalue weighted by molar-refractivity contribution is -0.132. The van der Waals surface area contributed by atoms with Crippen LogP contribution < -0.4 is 10.6 Å². The summed E-state index contributed by atoms with van der Waals surface area (Å²) in [6.07, 6.45) is 1.01. The number of halogens is 1. The molecule has 2 amide bonds. The molecule has 1 heterocycles. The van der Waals surface area contributed by atoms with Gasteiger partial charge >= 0.3 is 0 Å². The van der Waals surface area contributed by atoms with E-state index >= 15 is 0 Å². The number of rotatable bonds is 11. The second kappa shape index (κ2) is 13.2. The number of carbonyl (C=O) groups excluding carboxylic acids is 2. The fourth-order valence-electron chi connectivity index (χ4n) is 5.03. The number of sulfone groups is 1. The minimum atomic E-state index is -3.13. The average Bonchev–Trinajstić information content (AvgIpc) is 3.76. The van der Waals surface area contributed by atoms with Crippen LogP contribution in [-0.4, -0.2) is 79.9 Å². The molecule has 1 aliphatic carbocycles. The molecule has 2 fully saturated rings. The monoisotopic (exact) mass is 595 g/mol. The normalized spacial score (nSPS) is 20.3. The van der Waals surface area contributed by atoms with E-state index in [1.807, 2.05) is 54.6 Å². The Hall–Kier alpha value is -3.21. The smallest absolute Gasteiger partial charge is 0.251 e. The van der Waals surface area contributed by atoms with Gasteiger partial charge in [-0.25, -0.2) is 12.8 Å². The molecule has 3 aromatic carbocycles. The van der Waals surface area contributed by atoms with Crippen molar-refractivity contribution >= 4 is 33.4 Å². The van der Waals surface area contributed by atoms with Crippen molar-refractivity contribution in [3.05, 3.63) is 95.8 Å². The van der Waals surface area contributed by atoms with Crippen molar-refractivity contribution < 1.29 is 22.4 Å². The predicted octanol–water partition coefficient (Wildman–Crippen LogP) is 3.73. The molecule has 3 aromatic rings. The van der Waals surface area contributed by atoms with E-state index in [9.17, 15) is 22.4 Å². The molecule has 0 radical (unpaired) electrons. The van der Waals surface area contributed by atoms with Crippen molar-refractivity contribution in [3.8, 4) is 11.1 Å². The number of benzene rings is 3. The zero-order chi connectivity index (χ0) is 28.8. The van der Waals surface area contributed by atoms with Crippen LogP contribution in [0, 0.1) is 5.82 Å². The van der Waals surface area contributed by atoms with Gasteiger partial charge in [-0.2, -0.15) is 11.8 Å². The van der Waals surface area contributed by atoms with Crippen LogP contribution in [0.25, 0.3) is 11.1 Å². The molecule has 3 atom stereocenters. The van der Waals surface area contributed by atoms with Gasteiger partial charge in [0.2, 0.25) is 5.91 Å². The summed E-state index contributed by atoms with van der Waals surface area (Å²) >= 11 is 1.57. The molecule has 1 aliphatic heterocycles. The first-order valence-electron chi connectivity index (χ1n) is 13.8. The number of hydrogen-bond donors (Lipinski definition) is 2. The van der Waals surface area contributed by atoms with E-state index in [0.717, 1.165) is 35.4 Å². The number of amides is 2. The van der Waals surface area contributed by atoms with Gasteiger partial charge in [-0.05, 0) is 47.4 Å². The van der Waals surface area contributed by atoms with Crippen LogP contribution in [0.2, 0.25) is 0 Å². The van der Waals surface area contributed by atoms with Gasteiger partial charge in [0.05, 0.1) is 11.5 Å². The zero-order valence-corrected chi connectivity index (χ0v) is 24.3. The highest BCUT2D eigenvalue weighted by Crippen LogP contribution is 2.40. The third-order valence-electron chi connectivity index (χ3n) is 7.54. The summed E-state index contributed by atoms with van der Waals surface area (Å²) in [6, 6.07) is 23.3. The summed E-state index contributed by atoms with van der Waals surface area (Å²) in [5.41, 5.74) is 3.62. The Labute approximate surface area is 244 Å². The fourth-order valence-corrected chi connectivity index (χ4v) is 7.12. The van der Waals surface area contributed by atoms with Gasteiger partial charge in [-0.1, -0.05) is 54.6 Å². The van der Waals surface area contributed by atoms with E-state index in [1.54, 1.807) is 28.8 Å². The lowest BCUT2D eigenvalue weighted by Gasteiger charge is -2.30. The van der Waals surface area contributed by atoms with Crippen LogP contribution in [0.4, 0.5) is 4.39 Å². The Kier molecular flexibility index (Phi) is 9.42. The van der Waals surface area contributed by atoms with E-state index in [-0.39, 0.29) is 42.2 Å². The molecule has 2 N–H and O–H groups in total. The van der Waals surface area contributed by atoms with Gasteiger partial charge in [0, 0.05) is 48.7 Å². The van der Waals surface area contributed by atoms with Gasteiger partial charge in [0.25, 0.3) is 5.91 Å². The highest BCUT2D eigenvalue weighted by atomic mass is 32.2. The minimum Gasteiger partial charge on any atom is -0.339 e. The maximum Gasteiger partial charge on any atom is 0.251 e. The Balaban J connectivity index is 1.15. The quantitative estimate of drug-likeness (QED) is 0.328. The average molecular weight is 596 g/mol. The van der Waals surface area contributed by atoms with Gasteiger partial charge in [0.1, 0.15) is 11.9 Å². The van der Waals surface area contributed by atoms with Crippen molar-refractivity contribution in [2.24, 2.45) is 0 Å². The largest absolute Gasteiger partial charge is 0.339 e. The Morgan fingerprint density at radius 3 is 2.27 bits per heavy atom. The molecule has 0 bridgehead atoms. The zero-order valence-electron chi connectivity index (χ0n) is 22.7. The molecule has 3 unspecified atom stereocenters. The van der Waals surface area contributed by atoms with Gasteiger partial charge in [0.15, 0.2) is 9.84 Å². The van der Waals surface area contributed by atoms with E-state index in [2.05, 4.69) is 10.6 Å². The molecule has 216 valence electrons. The highest BCUT2D eigenvalue weighted by Gasteiger charge is 2.37. The van der Waals surface area contributed by atoms with E-state index < -0.39 is 15.9 Å². The van der Waals surface area contributed by atoms with E-state index in [0.29, 0.717) is 23.3 Å². The number of hydrogen-bond acceptors (Lipinski definition) is 6. The second-order valence-corrected chi connectivity index (χ2v) is 13.9. The molecule has 10 heteroatoms. The lowest BCUT2D eigenvalue weighted by Crippen LogP contribution is -2.53. The molecular weight excluding hydrogens is 561 g/mol. The summed E-state index contributed by atoms with van der Waals surface area (Å²) in [7, 11) is -3.13. The van der Waals surface area contributed by atoms with Gasteiger partial charge < -0.3 is 15.5 Å². The van der Waals surface area contributed by atoms with Crippen LogP contribution in [0.15, 0.2) is 78.9 Å². The topological polar surface area (TPSA) is 95.6 Å². The van der Waals surface area contributed by atoms with Crippen molar-refractivity contribution in [1.82, 2.24) is 15.5 Å². The first-order valence-corrected chi connectivity index (χ1v) is 16.8. The number of carbonyl (C=O) groups is 2. The summed E-state index contributed by atoms with van der Waals surface area (Å²) in [5.74, 6) is 0.553. The molecule has 5 rings (SSSR count). The Morgan fingerprint density at radius 1 is 0.927 bits per heavy atom. The summed E-state index contributed by atoms with van der Waals surface area (Å²) < 4.78 is 36.9. The molecule has 2 aliphatic rings. The molecule has 1 saturated heterocycles. The van der Waals surface area contributed by atoms with Crippen molar-refractivity contribution in [2.45, 2.75) is 24.4 Å². The van der Waals surface area contributed by atoms with Crippen LogP contribution in [-0.2, 0) is 14.6 Å². The summed E-state index contributed by atoms with van der Waals surface area (Å²) in [4.78, 5) is 28.1. The van der Waals surface area contributed by atoms with Gasteiger partial charge in [-0.3, -0.25) is 9.59 Å². The maximum absolute atomic E-state index is 13.4. The molecule has 0 aromatic heterocycles. The predicted molar refractivity (Wildman–Crippen MR) is 161 cm³/mol. The SMILES string of the molecule is O=C(NC(CSCCNC1CC1c1ccc(F)cc1)C(=O)N1CCS(=O)(=O)CC1)c1ccc(-c2ccccc2)cc1. The first-order chi connectivity index (χ1) is 19.8. The third-order valence-corrected chi connectivity index (χ3v) is 10.2. The van der Waals surface area contributed by atoms with Crippen molar-refractivity contribution in [2.75, 3.05) is 42.6 Å². The van der Waals surface area contributed by atoms with Crippen molar-refractivity contribution in [1.29, 1.82) is 0 Å². The van der Waals surface area contributed by atoms with Crippen LogP contribution >= 0.6 is 11.8 Å². The lowest BCUT2D eigenvalue weighted by atomic mass is 10.0. The maximum atomic E-state index is 13.4. The van der Waals surface area contributed by atoms with E-state index in [4.69, 9.17) is 0 Å². The minimum absolute atomic E-state index is 0.0615. The van der Waals surface area contributed by atoms with Crippen molar-refractivity contribution in [3.63, 3.8) is 0 Å². The Bertz CT molecular complexity index is 1440. The van der Waals surface area contributed by atoms with Crippen LogP contribution in [0.3, 0.4) is 0 Å². The second-order valence-electron chi connectivity index (χ2n) is 10.5. The number of nitrogens with one attached hydrogen (secondary N) is 2. The summed E-state index contributed by atoms with van der Waals surface area (Å²) in [5, 5.41) is 6.42. The number of thioether (sulfide) groups is 1. The van der Waals surface area contributed by atoms with Gasteiger partial charge in [-0.15, -0.1) is 0 Å². The standard InChI is InChI=1S/C31H34FN3O4S2/c32-26-12-10-24(11-13-26)27-20-28(27)33-14-17-40-21-29(31(37)35-15-18-41(38,39)19-16-35)34-30(36)25-8-6-23(7-9-25)22-4-2-1-3-5-22/h1-13,27-29,33H,14-21H2,(H,34,36). The van der Waals surface area contributed by atoms with E-state index in [1.165, 1.54) is 12.1 Å². The number of nitrogens with zero attached hydrogens (tertiary/aromatic N) is 1. The fraction of sp³-hybridized carbons (Fsp3) is 0.355. The molecule has 41 heavy (non-hydrogen) atoms. The summed E-state index contributed by atoms with van der Waals surface area (Å²) in [6.45, 7) is 1.01. The van der Waals surface area contributed by atoms with Crippen LogP contribution in [0.5, 0.6) is 0 Å².